The van der Waals surface area contributed by atoms with Gasteiger partial charge in [-0.2, -0.15) is 0 Å². The molecule has 0 fully saturated rings. The third-order valence-electron chi connectivity index (χ3n) is 11.4. The van der Waals surface area contributed by atoms with Crippen molar-refractivity contribution in [1.82, 2.24) is 0 Å². The third-order valence-corrected chi connectivity index (χ3v) is 11.4. The van der Waals surface area contributed by atoms with E-state index in [0.29, 0.717) is 0 Å². The van der Waals surface area contributed by atoms with E-state index in [1.807, 2.05) is 0 Å². The first-order chi connectivity index (χ1) is 24.5. The fourth-order valence-electron chi connectivity index (χ4n) is 8.83. The summed E-state index contributed by atoms with van der Waals surface area (Å²) in [5.74, 6) is 0.230. The molecule has 7 aromatic carbocycles. The highest BCUT2D eigenvalue weighted by atomic mass is 15.1. The molecule has 0 aromatic heterocycles. The van der Waals surface area contributed by atoms with Gasteiger partial charge in [0.25, 0.3) is 0 Å². The van der Waals surface area contributed by atoms with Crippen LogP contribution in [-0.4, -0.2) is 0 Å². The molecule has 0 bridgehead atoms. The van der Waals surface area contributed by atoms with Gasteiger partial charge in [0.2, 0.25) is 0 Å². The molecule has 10 rings (SSSR count). The van der Waals surface area contributed by atoms with Crippen molar-refractivity contribution in [2.45, 2.75) is 31.6 Å². The molecule has 1 atom stereocenters. The van der Waals surface area contributed by atoms with E-state index >= 15 is 0 Å². The van der Waals surface area contributed by atoms with E-state index in [0.717, 1.165) is 17.8 Å². The topological polar surface area (TPSA) is 3.24 Å². The van der Waals surface area contributed by atoms with Crippen molar-refractivity contribution in [3.8, 4) is 22.3 Å². The van der Waals surface area contributed by atoms with E-state index in [1.165, 1.54) is 77.7 Å². The molecule has 0 spiro atoms. The van der Waals surface area contributed by atoms with Crippen LogP contribution in [-0.2, 0) is 11.8 Å². The lowest BCUT2D eigenvalue weighted by molar-refractivity contribution is 0.660. The highest BCUT2D eigenvalue weighted by molar-refractivity contribution is 6.04. The zero-order valence-electron chi connectivity index (χ0n) is 28.4. The molecule has 0 amide bonds. The molecular weight excluding hydrogens is 603 g/mol. The Balaban J connectivity index is 1.06. The van der Waals surface area contributed by atoms with E-state index in [1.54, 1.807) is 0 Å². The predicted octanol–water partition coefficient (Wildman–Crippen LogP) is 13.0. The van der Waals surface area contributed by atoms with E-state index in [9.17, 15) is 0 Å². The molecule has 3 aliphatic carbocycles. The van der Waals surface area contributed by atoms with Gasteiger partial charge in [-0.25, -0.2) is 0 Å². The van der Waals surface area contributed by atoms with E-state index in [2.05, 4.69) is 189 Å². The number of hydrogen-bond donors (Lipinski definition) is 0. The van der Waals surface area contributed by atoms with Crippen LogP contribution in [0.1, 0.15) is 53.1 Å². The number of benzene rings is 7. The molecule has 1 unspecified atom stereocenters. The molecule has 0 radical (unpaired) electrons. The second-order valence-electron chi connectivity index (χ2n) is 14.5. The summed E-state index contributed by atoms with van der Waals surface area (Å²) in [6.45, 7) is 4.72. The second kappa shape index (κ2) is 11.1. The van der Waals surface area contributed by atoms with Gasteiger partial charge in [-0.05, 0) is 115 Å². The Labute approximate surface area is 294 Å². The zero-order valence-corrected chi connectivity index (χ0v) is 28.4. The summed E-state index contributed by atoms with van der Waals surface area (Å²) in [5.41, 5.74) is 18.2. The molecule has 0 aliphatic heterocycles. The average Bonchev–Trinajstić information content (AvgIpc) is 3.40. The van der Waals surface area contributed by atoms with Gasteiger partial charge < -0.3 is 4.90 Å². The van der Waals surface area contributed by atoms with E-state index < -0.39 is 0 Å². The average molecular weight is 640 g/mol. The van der Waals surface area contributed by atoms with E-state index in [4.69, 9.17) is 0 Å². The molecular formula is C49H37N. The number of anilines is 3. The molecule has 7 aromatic rings. The molecule has 0 N–H and O–H groups in total. The van der Waals surface area contributed by atoms with Crippen molar-refractivity contribution in [2.24, 2.45) is 0 Å². The van der Waals surface area contributed by atoms with Crippen LogP contribution in [0.15, 0.2) is 164 Å². The summed E-state index contributed by atoms with van der Waals surface area (Å²) in [6.07, 6.45) is 8.17. The fourth-order valence-corrected chi connectivity index (χ4v) is 8.83. The van der Waals surface area contributed by atoms with Gasteiger partial charge in [0, 0.05) is 28.4 Å². The van der Waals surface area contributed by atoms with Crippen LogP contribution in [0.5, 0.6) is 0 Å². The number of allylic oxidation sites excluding steroid dienone is 3. The predicted molar refractivity (Wildman–Crippen MR) is 212 cm³/mol. The molecule has 1 nitrogen and oxygen atoms in total. The maximum Gasteiger partial charge on any atom is 0.0465 e. The molecule has 0 saturated carbocycles. The van der Waals surface area contributed by atoms with Gasteiger partial charge in [0.15, 0.2) is 0 Å². The third kappa shape index (κ3) is 4.40. The van der Waals surface area contributed by atoms with Gasteiger partial charge >= 0.3 is 0 Å². The molecule has 3 aliphatic rings. The minimum absolute atomic E-state index is 0.0734. The Morgan fingerprint density at radius 2 is 1.28 bits per heavy atom. The van der Waals surface area contributed by atoms with Crippen molar-refractivity contribution >= 4 is 39.5 Å². The lowest BCUT2D eigenvalue weighted by Crippen LogP contribution is -2.16. The standard InChI is InChI=1S/C49H37N/c1-49(2)45-14-7-6-13-42(45)43-30-27-40(31-46(43)49)50(38-23-17-33(18-24-38)32-9-4-3-5-10-32)39-25-19-34(20-26-39)41-28-21-37-16-15-35-11-8-12-36-22-29-44(41)48(37)47(35)36/h3-21,23-31,41H,22H2,1-2H3. The van der Waals surface area contributed by atoms with Crippen LogP contribution in [0.2, 0.25) is 0 Å². The Morgan fingerprint density at radius 3 is 2.10 bits per heavy atom. The number of nitrogens with zero attached hydrogens (tertiary/aromatic N) is 1. The molecule has 1 heteroatoms. The van der Waals surface area contributed by atoms with Crippen molar-refractivity contribution in [1.29, 1.82) is 0 Å². The Hall–Kier alpha value is -5.92. The minimum Gasteiger partial charge on any atom is -0.310 e. The zero-order chi connectivity index (χ0) is 33.4. The van der Waals surface area contributed by atoms with Crippen LogP contribution in [0.25, 0.3) is 44.7 Å². The number of hydrogen-bond acceptors (Lipinski definition) is 1. The number of fused-ring (bicyclic) bond motifs is 3. The van der Waals surface area contributed by atoms with Crippen molar-refractivity contribution < 1.29 is 0 Å². The highest BCUT2D eigenvalue weighted by Crippen LogP contribution is 2.51. The maximum atomic E-state index is 2.47. The van der Waals surface area contributed by atoms with Gasteiger partial charge in [0.1, 0.15) is 0 Å². The summed E-state index contributed by atoms with van der Waals surface area (Å²) in [7, 11) is 0. The molecule has 50 heavy (non-hydrogen) atoms. The second-order valence-corrected chi connectivity index (χ2v) is 14.5. The lowest BCUT2D eigenvalue weighted by atomic mass is 9.75. The maximum absolute atomic E-state index is 2.47. The fraction of sp³-hybridized carbons (Fsp3) is 0.102. The monoisotopic (exact) mass is 639 g/mol. The van der Waals surface area contributed by atoms with Crippen LogP contribution >= 0.6 is 0 Å². The Kier molecular flexibility index (Phi) is 6.42. The normalized spacial score (nSPS) is 16.1. The first-order valence-corrected chi connectivity index (χ1v) is 17.8. The van der Waals surface area contributed by atoms with Gasteiger partial charge in [-0.3, -0.25) is 0 Å². The lowest BCUT2D eigenvalue weighted by Gasteiger charge is -2.30. The first-order valence-electron chi connectivity index (χ1n) is 17.8. The van der Waals surface area contributed by atoms with Crippen molar-refractivity contribution in [3.05, 3.63) is 197 Å². The van der Waals surface area contributed by atoms with Gasteiger partial charge in [0.05, 0.1) is 0 Å². The van der Waals surface area contributed by atoms with Crippen LogP contribution in [0.4, 0.5) is 17.1 Å². The summed E-state index contributed by atoms with van der Waals surface area (Å²) in [4.78, 5) is 2.42. The quantitative estimate of drug-likeness (QED) is 0.181. The summed E-state index contributed by atoms with van der Waals surface area (Å²) in [6, 6.07) is 56.2. The molecule has 0 saturated heterocycles. The van der Waals surface area contributed by atoms with Crippen molar-refractivity contribution in [2.75, 3.05) is 4.90 Å². The Bertz CT molecular complexity index is 2510. The minimum atomic E-state index is -0.0734. The summed E-state index contributed by atoms with van der Waals surface area (Å²) >= 11 is 0. The number of rotatable bonds is 5. The largest absolute Gasteiger partial charge is 0.310 e. The summed E-state index contributed by atoms with van der Waals surface area (Å²) in [5, 5.41) is 2.77. The highest BCUT2D eigenvalue weighted by Gasteiger charge is 2.36. The van der Waals surface area contributed by atoms with Crippen LogP contribution < -0.4 is 4.90 Å². The van der Waals surface area contributed by atoms with Crippen molar-refractivity contribution in [3.63, 3.8) is 0 Å². The SMILES string of the molecule is CC1(C)c2ccccc2-c2ccc(N(c3ccc(-c4ccccc4)cc3)c3ccc(C4C=Cc5ccc6cccc7c6c5C4=CC7)cc3)cc21. The van der Waals surface area contributed by atoms with Gasteiger partial charge in [-0.15, -0.1) is 0 Å². The van der Waals surface area contributed by atoms with Gasteiger partial charge in [-0.1, -0.05) is 147 Å². The summed E-state index contributed by atoms with van der Waals surface area (Å²) < 4.78 is 0. The smallest absolute Gasteiger partial charge is 0.0465 e. The van der Waals surface area contributed by atoms with E-state index in [-0.39, 0.29) is 11.3 Å². The van der Waals surface area contributed by atoms with Crippen LogP contribution in [0, 0.1) is 0 Å². The Morgan fingerprint density at radius 1 is 0.580 bits per heavy atom. The first kappa shape index (κ1) is 29.0. The molecule has 0 heterocycles. The van der Waals surface area contributed by atoms with Crippen LogP contribution in [0.3, 0.4) is 0 Å². The molecule has 238 valence electrons.